The van der Waals surface area contributed by atoms with E-state index in [1.54, 1.807) is 30.5 Å². The molecule has 2 aromatic rings. The number of aromatic nitrogens is 3. The second kappa shape index (κ2) is 15.5. The number of carbonyl (C=O) groups is 3. The van der Waals surface area contributed by atoms with E-state index in [1.165, 1.54) is 0 Å². The number of nitrogens with two attached hydrogens (primary N) is 1. The number of nitrogens with zero attached hydrogens (tertiary/aromatic N) is 5. The lowest BCUT2D eigenvalue weighted by atomic mass is 9.62. The van der Waals surface area contributed by atoms with Crippen molar-refractivity contribution in [1.82, 2.24) is 24.8 Å². The van der Waals surface area contributed by atoms with Gasteiger partial charge in [-0.1, -0.05) is 50.3 Å². The Morgan fingerprint density at radius 2 is 1.82 bits per heavy atom. The zero-order valence-corrected chi connectivity index (χ0v) is 30.5. The van der Waals surface area contributed by atoms with E-state index in [9.17, 15) is 14.4 Å². The van der Waals surface area contributed by atoms with Crippen molar-refractivity contribution in [3.05, 3.63) is 42.6 Å². The molecule has 49 heavy (non-hydrogen) atoms. The normalized spacial score (nSPS) is 33.9. The number of carbonyl (C=O) groups excluding carboxylic acids is 3. The number of cyclic esters (lactones) is 1. The van der Waals surface area contributed by atoms with E-state index in [0.29, 0.717) is 37.3 Å². The largest absolute Gasteiger partial charge is 0.458 e. The van der Waals surface area contributed by atoms with Gasteiger partial charge in [0.2, 0.25) is 0 Å². The van der Waals surface area contributed by atoms with Crippen LogP contribution in [0.3, 0.4) is 0 Å². The Balaban J connectivity index is 1.62. The summed E-state index contributed by atoms with van der Waals surface area (Å²) >= 11 is 0. The van der Waals surface area contributed by atoms with Crippen LogP contribution in [-0.4, -0.2) is 107 Å². The molecule has 0 bridgehead atoms. The smallest absolute Gasteiger partial charge is 0.411 e. The fraction of sp³-hybridized carbons (Fsp3) is 0.639. The maximum atomic E-state index is 13.7. The van der Waals surface area contributed by atoms with Gasteiger partial charge in [0.25, 0.3) is 0 Å². The predicted molar refractivity (Wildman–Crippen MR) is 189 cm³/mol. The lowest BCUT2D eigenvalue weighted by molar-refractivity contribution is -0.171. The first-order chi connectivity index (χ1) is 23.1. The van der Waals surface area contributed by atoms with Gasteiger partial charge in [-0.2, -0.15) is 0 Å². The van der Waals surface area contributed by atoms with Gasteiger partial charge in [-0.05, 0) is 71.5 Å². The number of esters is 1. The Hall–Kier alpha value is -3.71. The molecular formula is C36H53BN6O6. The number of anilines is 1. The SMILES string of the molecule is [B][C@@H]1[C@@H](C)C(=O)[C@@H](C)C(=O)O[C@H](CC)[C@@]2(C)OC(=O)N(C/C=C/Cn3cc(-c4cccc(N)c4)nn3)[C@@H]2[C@@H](C)N(C)C[C@H](C)C[C@@]1(C)OC. The van der Waals surface area contributed by atoms with Gasteiger partial charge in [-0.15, -0.1) is 5.10 Å². The van der Waals surface area contributed by atoms with E-state index in [2.05, 4.69) is 29.1 Å². The Kier molecular flexibility index (Phi) is 12.0. The zero-order chi connectivity index (χ0) is 36.3. The quantitative estimate of drug-likeness (QED) is 0.146. The van der Waals surface area contributed by atoms with E-state index in [-0.39, 0.29) is 24.3 Å². The third-order valence-electron chi connectivity index (χ3n) is 10.7. The molecule has 9 atom stereocenters. The molecule has 4 rings (SSSR count). The van der Waals surface area contributed by atoms with Gasteiger partial charge < -0.3 is 24.8 Å². The summed E-state index contributed by atoms with van der Waals surface area (Å²) in [5.41, 5.74) is 6.14. The highest BCUT2D eigenvalue weighted by molar-refractivity contribution is 6.15. The number of rotatable bonds is 7. The molecule has 266 valence electrons. The molecule has 0 saturated carbocycles. The molecule has 13 heteroatoms. The van der Waals surface area contributed by atoms with Crippen molar-refractivity contribution in [3.8, 4) is 11.3 Å². The van der Waals surface area contributed by atoms with E-state index in [4.69, 9.17) is 27.8 Å². The summed E-state index contributed by atoms with van der Waals surface area (Å²) in [5.74, 6) is -3.22. The van der Waals surface area contributed by atoms with E-state index in [0.717, 1.165) is 5.56 Å². The summed E-state index contributed by atoms with van der Waals surface area (Å²) in [6, 6.07) is 6.76. The van der Waals surface area contributed by atoms with Gasteiger partial charge in [0, 0.05) is 43.4 Å². The van der Waals surface area contributed by atoms with E-state index < -0.39 is 53.1 Å². The molecule has 3 heterocycles. The highest BCUT2D eigenvalue weighted by Crippen LogP contribution is 2.41. The van der Waals surface area contributed by atoms with Gasteiger partial charge in [-0.3, -0.25) is 14.5 Å². The Bertz CT molecular complexity index is 1520. The summed E-state index contributed by atoms with van der Waals surface area (Å²) < 4.78 is 19.9. The average Bonchev–Trinajstić information content (AvgIpc) is 3.64. The Labute approximate surface area is 292 Å². The molecule has 12 nitrogen and oxygen atoms in total. The number of benzene rings is 1. The van der Waals surface area contributed by atoms with Gasteiger partial charge in [0.1, 0.15) is 23.5 Å². The molecule has 0 spiro atoms. The number of Topliss-reactive ketones (excluding diaryl/α,β-unsaturated/α-hetero) is 1. The number of nitrogen functional groups attached to an aromatic ring is 1. The lowest BCUT2D eigenvalue weighted by Crippen LogP contribution is -2.61. The van der Waals surface area contributed by atoms with Gasteiger partial charge in [0.15, 0.2) is 5.60 Å². The maximum absolute atomic E-state index is 13.7. The van der Waals surface area contributed by atoms with Gasteiger partial charge >= 0.3 is 12.1 Å². The summed E-state index contributed by atoms with van der Waals surface area (Å²) in [6.07, 6.45) is 5.33. The molecule has 0 unspecified atom stereocenters. The van der Waals surface area contributed by atoms with E-state index in [1.807, 2.05) is 70.4 Å². The predicted octanol–water partition coefficient (Wildman–Crippen LogP) is 4.55. The van der Waals surface area contributed by atoms with Gasteiger partial charge in [-0.25, -0.2) is 9.48 Å². The van der Waals surface area contributed by atoms with Crippen molar-refractivity contribution < 1.29 is 28.6 Å². The summed E-state index contributed by atoms with van der Waals surface area (Å²) in [7, 11) is 10.3. The second-order valence-electron chi connectivity index (χ2n) is 14.4. The number of amides is 1. The topological polar surface area (TPSA) is 142 Å². The minimum absolute atomic E-state index is 0.116. The first-order valence-electron chi connectivity index (χ1n) is 17.2. The van der Waals surface area contributed by atoms with Crippen molar-refractivity contribution in [3.63, 3.8) is 0 Å². The molecule has 1 amide bonds. The average molecular weight is 677 g/mol. The summed E-state index contributed by atoms with van der Waals surface area (Å²) in [6.45, 7) is 14.5. The van der Waals surface area contributed by atoms with Crippen LogP contribution in [0, 0.1) is 17.8 Å². The van der Waals surface area contributed by atoms with Crippen molar-refractivity contribution in [2.24, 2.45) is 17.8 Å². The molecule has 2 saturated heterocycles. The fourth-order valence-corrected chi connectivity index (χ4v) is 7.58. The lowest BCUT2D eigenvalue weighted by Gasteiger charge is -2.43. The Morgan fingerprint density at radius 3 is 2.47 bits per heavy atom. The van der Waals surface area contributed by atoms with E-state index >= 15 is 0 Å². The van der Waals surface area contributed by atoms with Crippen LogP contribution in [-0.2, 0) is 30.3 Å². The zero-order valence-electron chi connectivity index (χ0n) is 30.5. The minimum Gasteiger partial charge on any atom is -0.458 e. The van der Waals surface area contributed by atoms with Crippen LogP contribution in [0.25, 0.3) is 11.3 Å². The molecular weight excluding hydrogens is 623 g/mol. The minimum atomic E-state index is -1.20. The first kappa shape index (κ1) is 38.1. The molecule has 2 radical (unpaired) electrons. The number of fused-ring (bicyclic) bond motifs is 1. The van der Waals surface area contributed by atoms with Crippen LogP contribution in [0.15, 0.2) is 42.6 Å². The summed E-state index contributed by atoms with van der Waals surface area (Å²) in [4.78, 5) is 44.7. The Morgan fingerprint density at radius 1 is 1.12 bits per heavy atom. The first-order valence-corrected chi connectivity index (χ1v) is 17.2. The molecule has 1 aromatic heterocycles. The monoisotopic (exact) mass is 676 g/mol. The molecule has 2 fully saturated rings. The number of ketones is 1. The van der Waals surface area contributed by atoms with Crippen molar-refractivity contribution in [2.75, 3.05) is 33.0 Å². The highest BCUT2D eigenvalue weighted by Gasteiger charge is 2.59. The van der Waals surface area contributed by atoms with Crippen molar-refractivity contribution >= 4 is 31.4 Å². The van der Waals surface area contributed by atoms with Crippen molar-refractivity contribution in [2.45, 2.75) is 103 Å². The van der Waals surface area contributed by atoms with Crippen LogP contribution >= 0.6 is 0 Å². The van der Waals surface area contributed by atoms with Crippen LogP contribution < -0.4 is 5.73 Å². The van der Waals surface area contributed by atoms with Crippen LogP contribution in [0.1, 0.15) is 61.3 Å². The van der Waals surface area contributed by atoms with Crippen LogP contribution in [0.4, 0.5) is 10.5 Å². The molecule has 2 aliphatic rings. The third kappa shape index (κ3) is 8.04. The molecule has 2 aliphatic heterocycles. The number of hydrogen-bond acceptors (Lipinski definition) is 10. The number of likely N-dealkylation sites (N-methyl/N-ethyl adjacent to an activating group) is 1. The number of allylic oxidation sites excluding steroid dienone is 1. The molecule has 0 aliphatic carbocycles. The van der Waals surface area contributed by atoms with Crippen molar-refractivity contribution in [1.29, 1.82) is 0 Å². The highest BCUT2D eigenvalue weighted by atomic mass is 16.6. The van der Waals surface area contributed by atoms with Gasteiger partial charge in [0.05, 0.1) is 32.2 Å². The maximum Gasteiger partial charge on any atom is 0.411 e. The second-order valence-corrected chi connectivity index (χ2v) is 14.4. The summed E-state index contributed by atoms with van der Waals surface area (Å²) in [5, 5.41) is 8.49. The fourth-order valence-electron chi connectivity index (χ4n) is 7.58. The number of methoxy groups -OCH3 is 1. The standard InChI is InChI=1S/C36H53BN6O6/c1-10-29-36(7)32(43(34(46)49-36)17-12-11-16-42-21-28(39-40-42)26-14-13-15-27(38)18-26)25(5)41(8)20-22(2)19-35(6,47-9)31(37)23(3)30(44)24(4)33(45)48-29/h11-15,18,21-25,29,31-32H,10,16-17,19-20,38H2,1-9H3/b12-11+/t22-,23+,24-,25-,29-,31-,32-,35-,36-/m1/s1. The van der Waals surface area contributed by atoms with Crippen LogP contribution in [0.5, 0.6) is 0 Å². The molecule has 1 aromatic carbocycles. The third-order valence-corrected chi connectivity index (χ3v) is 10.7. The number of ether oxygens (including phenoxy) is 3. The molecule has 2 N–H and O–H groups in total. The number of hydrogen-bond donors (Lipinski definition) is 1. The van der Waals surface area contributed by atoms with Crippen LogP contribution in [0.2, 0.25) is 5.82 Å².